The fraction of sp³-hybridized carbons (Fsp3) is 0.500. The van der Waals surface area contributed by atoms with E-state index in [1.54, 1.807) is 0 Å². The number of nitro groups is 1. The molecular formula is C8H13N5O3. The van der Waals surface area contributed by atoms with E-state index in [9.17, 15) is 10.1 Å². The van der Waals surface area contributed by atoms with Crippen molar-refractivity contribution < 1.29 is 9.66 Å². The molecule has 0 radical (unpaired) electrons. The van der Waals surface area contributed by atoms with Crippen LogP contribution in [0.15, 0.2) is 0 Å². The molecule has 4 N–H and O–H groups in total. The van der Waals surface area contributed by atoms with Crippen molar-refractivity contribution in [3.05, 3.63) is 10.1 Å². The number of nitrogens with two attached hydrogens (primary N) is 2. The Morgan fingerprint density at radius 2 is 2.12 bits per heavy atom. The standard InChI is InChI=1S/C8H13N5O3/c1-2-3-4-16-7-5(13(14)15)6(9)11-8(10)12-7/h2-4H2,1H3,(H4,9,10,11,12). The summed E-state index contributed by atoms with van der Waals surface area (Å²) < 4.78 is 5.15. The van der Waals surface area contributed by atoms with Crippen LogP contribution in [0, 0.1) is 10.1 Å². The molecule has 0 saturated heterocycles. The van der Waals surface area contributed by atoms with Crippen LogP contribution in [0.4, 0.5) is 17.5 Å². The van der Waals surface area contributed by atoms with Gasteiger partial charge in [-0.15, -0.1) is 0 Å². The van der Waals surface area contributed by atoms with Gasteiger partial charge in [0.1, 0.15) is 0 Å². The Hall–Kier alpha value is -2.12. The summed E-state index contributed by atoms with van der Waals surface area (Å²) in [6, 6.07) is 0. The molecule has 1 rings (SSSR count). The largest absolute Gasteiger partial charge is 0.473 e. The van der Waals surface area contributed by atoms with Gasteiger partial charge in [-0.2, -0.15) is 9.97 Å². The zero-order valence-corrected chi connectivity index (χ0v) is 8.84. The molecule has 0 unspecified atom stereocenters. The molecule has 0 aliphatic carbocycles. The van der Waals surface area contributed by atoms with Crippen LogP contribution in [0.25, 0.3) is 0 Å². The molecule has 88 valence electrons. The second-order valence-electron chi connectivity index (χ2n) is 3.08. The van der Waals surface area contributed by atoms with Crippen molar-refractivity contribution in [1.29, 1.82) is 0 Å². The Bertz CT molecular complexity index is 396. The molecule has 0 aliphatic heterocycles. The first-order chi connectivity index (χ1) is 7.56. The molecule has 1 heterocycles. The normalized spacial score (nSPS) is 10.1. The lowest BCUT2D eigenvalue weighted by molar-refractivity contribution is -0.385. The highest BCUT2D eigenvalue weighted by molar-refractivity contribution is 5.60. The van der Waals surface area contributed by atoms with E-state index in [0.29, 0.717) is 6.61 Å². The molecule has 0 fully saturated rings. The van der Waals surface area contributed by atoms with Crippen molar-refractivity contribution in [1.82, 2.24) is 9.97 Å². The molecule has 0 atom stereocenters. The Balaban J connectivity index is 2.99. The molecule has 8 nitrogen and oxygen atoms in total. The monoisotopic (exact) mass is 227 g/mol. The molecule has 8 heteroatoms. The van der Waals surface area contributed by atoms with Gasteiger partial charge in [-0.1, -0.05) is 13.3 Å². The van der Waals surface area contributed by atoms with E-state index in [2.05, 4.69) is 9.97 Å². The molecule has 0 amide bonds. The molecule has 16 heavy (non-hydrogen) atoms. The summed E-state index contributed by atoms with van der Waals surface area (Å²) in [6.07, 6.45) is 1.67. The second kappa shape index (κ2) is 5.10. The summed E-state index contributed by atoms with van der Waals surface area (Å²) in [6.45, 7) is 2.30. The average Bonchev–Trinajstić information content (AvgIpc) is 2.16. The molecule has 0 aromatic carbocycles. The third-order valence-corrected chi connectivity index (χ3v) is 1.82. The lowest BCUT2D eigenvalue weighted by Gasteiger charge is -2.06. The molecule has 1 aromatic rings. The van der Waals surface area contributed by atoms with Crippen molar-refractivity contribution in [2.45, 2.75) is 19.8 Å². The predicted octanol–water partition coefficient (Wildman–Crippen LogP) is 0.728. The highest BCUT2D eigenvalue weighted by Gasteiger charge is 2.23. The summed E-state index contributed by atoms with van der Waals surface area (Å²) in [4.78, 5) is 17.2. The van der Waals surface area contributed by atoms with Crippen LogP contribution < -0.4 is 16.2 Å². The number of aromatic nitrogens is 2. The van der Waals surface area contributed by atoms with Crippen LogP contribution >= 0.6 is 0 Å². The van der Waals surface area contributed by atoms with E-state index in [4.69, 9.17) is 16.2 Å². The molecule has 0 saturated carbocycles. The third kappa shape index (κ3) is 2.69. The molecule has 0 spiro atoms. The summed E-state index contributed by atoms with van der Waals surface area (Å²) in [5.41, 5.74) is 10.3. The number of nitrogen functional groups attached to an aromatic ring is 2. The average molecular weight is 227 g/mol. The maximum atomic E-state index is 10.7. The number of rotatable bonds is 5. The van der Waals surface area contributed by atoms with Crippen LogP contribution in [-0.2, 0) is 0 Å². The van der Waals surface area contributed by atoms with Gasteiger partial charge >= 0.3 is 11.6 Å². The minimum absolute atomic E-state index is 0.144. The van der Waals surface area contributed by atoms with Crippen LogP contribution in [0.1, 0.15) is 19.8 Å². The smallest absolute Gasteiger partial charge is 0.372 e. The zero-order chi connectivity index (χ0) is 12.1. The number of anilines is 2. The van der Waals surface area contributed by atoms with E-state index < -0.39 is 10.6 Å². The quantitative estimate of drug-likeness (QED) is 0.430. The van der Waals surface area contributed by atoms with Crippen LogP contribution in [0.3, 0.4) is 0 Å². The molecule has 1 aromatic heterocycles. The van der Waals surface area contributed by atoms with Gasteiger partial charge in [0, 0.05) is 0 Å². The summed E-state index contributed by atoms with van der Waals surface area (Å²) in [5.74, 6) is -0.609. The minimum atomic E-state index is -0.684. The Morgan fingerprint density at radius 1 is 1.44 bits per heavy atom. The van der Waals surface area contributed by atoms with Crippen molar-refractivity contribution >= 4 is 17.5 Å². The van der Waals surface area contributed by atoms with Crippen LogP contribution in [0.2, 0.25) is 0 Å². The lowest BCUT2D eigenvalue weighted by Crippen LogP contribution is -2.09. The first-order valence-electron chi connectivity index (χ1n) is 4.76. The minimum Gasteiger partial charge on any atom is -0.473 e. The van der Waals surface area contributed by atoms with Crippen molar-refractivity contribution in [2.24, 2.45) is 0 Å². The number of hydrogen-bond donors (Lipinski definition) is 2. The molecular weight excluding hydrogens is 214 g/mol. The Kier molecular flexibility index (Phi) is 3.81. The van der Waals surface area contributed by atoms with E-state index in [0.717, 1.165) is 12.8 Å². The zero-order valence-electron chi connectivity index (χ0n) is 8.84. The summed E-state index contributed by atoms with van der Waals surface area (Å²) in [5, 5.41) is 10.7. The Morgan fingerprint density at radius 3 is 2.69 bits per heavy atom. The first-order valence-corrected chi connectivity index (χ1v) is 4.76. The number of ether oxygens (including phenoxy) is 1. The van der Waals surface area contributed by atoms with E-state index >= 15 is 0 Å². The first kappa shape index (κ1) is 12.0. The highest BCUT2D eigenvalue weighted by atomic mass is 16.6. The van der Waals surface area contributed by atoms with Gasteiger partial charge < -0.3 is 16.2 Å². The van der Waals surface area contributed by atoms with E-state index in [1.807, 2.05) is 6.92 Å². The number of unbranched alkanes of at least 4 members (excludes halogenated alkanes) is 1. The van der Waals surface area contributed by atoms with Gasteiger partial charge in [0.25, 0.3) is 0 Å². The van der Waals surface area contributed by atoms with Crippen LogP contribution in [0.5, 0.6) is 5.88 Å². The van der Waals surface area contributed by atoms with Crippen molar-refractivity contribution in [2.75, 3.05) is 18.1 Å². The maximum Gasteiger partial charge on any atom is 0.372 e. The van der Waals surface area contributed by atoms with Crippen LogP contribution in [-0.4, -0.2) is 21.5 Å². The van der Waals surface area contributed by atoms with Gasteiger partial charge in [0.05, 0.1) is 11.5 Å². The van der Waals surface area contributed by atoms with Crippen molar-refractivity contribution in [3.8, 4) is 5.88 Å². The topological polar surface area (TPSA) is 130 Å². The van der Waals surface area contributed by atoms with E-state index in [-0.39, 0.29) is 17.6 Å². The highest BCUT2D eigenvalue weighted by Crippen LogP contribution is 2.30. The lowest BCUT2D eigenvalue weighted by atomic mass is 10.4. The van der Waals surface area contributed by atoms with Crippen molar-refractivity contribution in [3.63, 3.8) is 0 Å². The van der Waals surface area contributed by atoms with Gasteiger partial charge in [-0.3, -0.25) is 10.1 Å². The van der Waals surface area contributed by atoms with Gasteiger partial charge in [-0.25, -0.2) is 0 Å². The molecule has 0 aliphatic rings. The maximum absolute atomic E-state index is 10.7. The second-order valence-corrected chi connectivity index (χ2v) is 3.08. The van der Waals surface area contributed by atoms with Gasteiger partial charge in [0.15, 0.2) is 0 Å². The fourth-order valence-electron chi connectivity index (χ4n) is 1.05. The third-order valence-electron chi connectivity index (χ3n) is 1.82. The SMILES string of the molecule is CCCCOc1nc(N)nc(N)c1[N+](=O)[O-]. The Labute approximate surface area is 91.8 Å². The summed E-state index contributed by atoms with van der Waals surface area (Å²) in [7, 11) is 0. The number of hydrogen-bond acceptors (Lipinski definition) is 7. The van der Waals surface area contributed by atoms with Gasteiger partial charge in [-0.05, 0) is 6.42 Å². The fourth-order valence-corrected chi connectivity index (χ4v) is 1.05. The molecule has 0 bridgehead atoms. The van der Waals surface area contributed by atoms with E-state index in [1.165, 1.54) is 0 Å². The van der Waals surface area contributed by atoms with Gasteiger partial charge in [0.2, 0.25) is 11.8 Å². The number of nitrogens with zero attached hydrogens (tertiary/aromatic N) is 3. The predicted molar refractivity (Wildman–Crippen MR) is 57.9 cm³/mol. The summed E-state index contributed by atoms with van der Waals surface area (Å²) >= 11 is 0.